The molecule has 1 unspecified atom stereocenters. The molecule has 1 atom stereocenters. The van der Waals surface area contributed by atoms with Crippen LogP contribution in [0.2, 0.25) is 0 Å². The molecule has 2 aromatic heterocycles. The van der Waals surface area contributed by atoms with Gasteiger partial charge in [0.1, 0.15) is 16.9 Å². The molecule has 0 saturated heterocycles. The summed E-state index contributed by atoms with van der Waals surface area (Å²) < 4.78 is 7.15. The van der Waals surface area contributed by atoms with Gasteiger partial charge in [-0.25, -0.2) is 0 Å². The zero-order valence-electron chi connectivity index (χ0n) is 19.4. The monoisotopic (exact) mass is 446 g/mol. The lowest BCUT2D eigenvalue weighted by molar-refractivity contribution is -0.127. The molecule has 1 N–H and O–H groups in total. The number of rotatable bonds is 4. The minimum absolute atomic E-state index is 0.135. The molecule has 3 heterocycles. The third-order valence-corrected chi connectivity index (χ3v) is 6.96. The lowest BCUT2D eigenvalue weighted by Gasteiger charge is -2.44. The zero-order chi connectivity index (χ0) is 23.2. The number of nitrogens with one attached hydrogen (secondary N) is 1. The predicted molar refractivity (Wildman–Crippen MR) is 126 cm³/mol. The summed E-state index contributed by atoms with van der Waals surface area (Å²) in [6.07, 6.45) is 7.00. The van der Waals surface area contributed by atoms with Crippen LogP contribution in [0.25, 0.3) is 11.5 Å². The van der Waals surface area contributed by atoms with E-state index in [-0.39, 0.29) is 24.4 Å². The van der Waals surface area contributed by atoms with Crippen molar-refractivity contribution >= 4 is 17.5 Å². The number of fused-ring (bicyclic) bond motifs is 1. The maximum Gasteiger partial charge on any atom is 0.277 e. The van der Waals surface area contributed by atoms with Crippen LogP contribution < -0.4 is 10.2 Å². The first-order valence-corrected chi connectivity index (χ1v) is 11.7. The smallest absolute Gasteiger partial charge is 0.277 e. The number of carbonyl (C=O) groups excluding carboxylic acids is 2. The molecule has 172 valence electrons. The summed E-state index contributed by atoms with van der Waals surface area (Å²) in [6.45, 7) is 6.08. The van der Waals surface area contributed by atoms with Crippen molar-refractivity contribution in [2.45, 2.75) is 71.0 Å². The third kappa shape index (κ3) is 3.75. The van der Waals surface area contributed by atoms with Crippen LogP contribution >= 0.6 is 0 Å². The second-order valence-corrected chi connectivity index (χ2v) is 9.56. The number of aromatic nitrogens is 2. The van der Waals surface area contributed by atoms with Gasteiger partial charge in [-0.3, -0.25) is 19.2 Å². The van der Waals surface area contributed by atoms with Crippen molar-refractivity contribution in [2.75, 3.05) is 4.90 Å². The van der Waals surface area contributed by atoms with Crippen molar-refractivity contribution in [3.63, 3.8) is 0 Å². The van der Waals surface area contributed by atoms with Gasteiger partial charge in [0, 0.05) is 17.8 Å². The molecule has 1 fully saturated rings. The summed E-state index contributed by atoms with van der Waals surface area (Å²) in [5.74, 6) is 0.224. The molecule has 7 nitrogen and oxygen atoms in total. The number of benzene rings is 1. The molecule has 3 aromatic rings. The van der Waals surface area contributed by atoms with Crippen LogP contribution in [-0.2, 0) is 11.3 Å². The first-order chi connectivity index (χ1) is 15.9. The van der Waals surface area contributed by atoms with Gasteiger partial charge in [0.15, 0.2) is 5.76 Å². The lowest BCUT2D eigenvalue weighted by Crippen LogP contribution is -2.65. The molecule has 2 amide bonds. The first kappa shape index (κ1) is 21.5. The number of amides is 2. The molecule has 1 aliphatic carbocycles. The van der Waals surface area contributed by atoms with Crippen LogP contribution in [0.3, 0.4) is 0 Å². The number of hydrogen-bond acceptors (Lipinski definition) is 4. The summed E-state index contributed by atoms with van der Waals surface area (Å²) in [4.78, 5) is 29.4. The third-order valence-electron chi connectivity index (χ3n) is 6.96. The summed E-state index contributed by atoms with van der Waals surface area (Å²) in [5.41, 5.74) is 2.66. The molecule has 1 saturated carbocycles. The topological polar surface area (TPSA) is 80.4 Å². The molecule has 1 aliphatic heterocycles. The Bertz CT molecular complexity index is 1190. The number of anilines is 1. The predicted octanol–water partition coefficient (Wildman–Crippen LogP) is 4.63. The van der Waals surface area contributed by atoms with Crippen molar-refractivity contribution in [1.29, 1.82) is 0 Å². The van der Waals surface area contributed by atoms with Gasteiger partial charge >= 0.3 is 0 Å². The highest BCUT2D eigenvalue weighted by Crippen LogP contribution is 2.36. The Morgan fingerprint density at radius 3 is 2.67 bits per heavy atom. The maximum atomic E-state index is 13.9. The van der Waals surface area contributed by atoms with Crippen LogP contribution in [0.5, 0.6) is 0 Å². The Labute approximate surface area is 193 Å². The molecule has 7 heteroatoms. The van der Waals surface area contributed by atoms with E-state index in [0.29, 0.717) is 17.1 Å². The van der Waals surface area contributed by atoms with Gasteiger partial charge in [0.05, 0.1) is 12.8 Å². The molecule has 2 aliphatic rings. The van der Waals surface area contributed by atoms with Gasteiger partial charge in [0.25, 0.3) is 5.91 Å². The molecular formula is C26H30N4O3. The number of carbonyl (C=O) groups is 2. The van der Waals surface area contributed by atoms with Crippen LogP contribution in [0.1, 0.15) is 60.6 Å². The van der Waals surface area contributed by atoms with Gasteiger partial charge in [-0.05, 0) is 62.9 Å². The highest BCUT2D eigenvalue weighted by Gasteiger charge is 2.49. The minimum Gasteiger partial charge on any atom is -0.463 e. The average Bonchev–Trinajstić information content (AvgIpc) is 3.47. The number of furan rings is 1. The molecule has 0 spiro atoms. The summed E-state index contributed by atoms with van der Waals surface area (Å²) in [7, 11) is 0. The van der Waals surface area contributed by atoms with Crippen LogP contribution in [0.4, 0.5) is 5.69 Å². The number of aryl methyl sites for hydroxylation is 2. The lowest BCUT2D eigenvalue weighted by atomic mass is 9.90. The summed E-state index contributed by atoms with van der Waals surface area (Å²) >= 11 is 0. The van der Waals surface area contributed by atoms with Crippen LogP contribution in [0.15, 0.2) is 47.1 Å². The molecule has 0 bridgehead atoms. The Balaban J connectivity index is 1.59. The van der Waals surface area contributed by atoms with E-state index in [1.165, 1.54) is 6.42 Å². The van der Waals surface area contributed by atoms with E-state index in [0.717, 1.165) is 42.5 Å². The van der Waals surface area contributed by atoms with Crippen molar-refractivity contribution in [3.05, 3.63) is 59.5 Å². The molecule has 0 radical (unpaired) electrons. The number of hydrogen-bond donors (Lipinski definition) is 1. The average molecular weight is 447 g/mol. The van der Waals surface area contributed by atoms with Crippen molar-refractivity contribution in [2.24, 2.45) is 0 Å². The van der Waals surface area contributed by atoms with Gasteiger partial charge in [-0.15, -0.1) is 0 Å². The van der Waals surface area contributed by atoms with E-state index in [9.17, 15) is 9.59 Å². The largest absolute Gasteiger partial charge is 0.463 e. The summed E-state index contributed by atoms with van der Waals surface area (Å²) in [6, 6.07) is 11.5. The van der Waals surface area contributed by atoms with E-state index in [1.807, 2.05) is 45.0 Å². The fraction of sp³-hybridized carbons (Fsp3) is 0.423. The molecule has 5 rings (SSSR count). The van der Waals surface area contributed by atoms with Crippen LogP contribution in [-0.4, -0.2) is 33.2 Å². The highest BCUT2D eigenvalue weighted by molar-refractivity contribution is 6.12. The first-order valence-electron chi connectivity index (χ1n) is 11.7. The van der Waals surface area contributed by atoms with Gasteiger partial charge in [0.2, 0.25) is 5.91 Å². The van der Waals surface area contributed by atoms with Crippen molar-refractivity contribution in [3.8, 4) is 11.5 Å². The molecular weight excluding hydrogens is 416 g/mol. The fourth-order valence-electron chi connectivity index (χ4n) is 5.05. The molecule has 1 aromatic carbocycles. The Morgan fingerprint density at radius 1 is 1.15 bits per heavy atom. The van der Waals surface area contributed by atoms with Gasteiger partial charge in [-0.1, -0.05) is 31.4 Å². The maximum absolute atomic E-state index is 13.9. The molecule has 33 heavy (non-hydrogen) atoms. The van der Waals surface area contributed by atoms with Crippen LogP contribution in [0, 0.1) is 13.8 Å². The Hall–Kier alpha value is -3.35. The fourth-order valence-corrected chi connectivity index (χ4v) is 5.05. The SMILES string of the molecule is Cc1ccc(C)c(N2C(=O)c3cc(-c4ccco4)nn3CC2(C)C(=O)NC2CCCCC2)c1. The normalized spacial score (nSPS) is 21.2. The van der Waals surface area contributed by atoms with E-state index in [2.05, 4.69) is 10.4 Å². The van der Waals surface area contributed by atoms with Crippen molar-refractivity contribution in [1.82, 2.24) is 15.1 Å². The van der Waals surface area contributed by atoms with E-state index >= 15 is 0 Å². The second kappa shape index (κ2) is 8.21. The number of nitrogens with zero attached hydrogens (tertiary/aromatic N) is 3. The Kier molecular flexibility index (Phi) is 5.35. The summed E-state index contributed by atoms with van der Waals surface area (Å²) in [5, 5.41) is 7.89. The zero-order valence-corrected chi connectivity index (χ0v) is 19.4. The second-order valence-electron chi connectivity index (χ2n) is 9.56. The van der Waals surface area contributed by atoms with E-state index < -0.39 is 5.54 Å². The van der Waals surface area contributed by atoms with Gasteiger partial charge < -0.3 is 9.73 Å². The van der Waals surface area contributed by atoms with E-state index in [1.54, 1.807) is 28.0 Å². The van der Waals surface area contributed by atoms with Crippen molar-refractivity contribution < 1.29 is 14.0 Å². The van der Waals surface area contributed by atoms with Gasteiger partial charge in [-0.2, -0.15) is 5.10 Å². The highest BCUT2D eigenvalue weighted by atomic mass is 16.3. The quantitative estimate of drug-likeness (QED) is 0.634. The minimum atomic E-state index is -1.12. The standard InChI is InChI=1S/C26H30N4O3/c1-17-11-12-18(2)21(14-17)30-24(31)22-15-20(23-10-7-13-33-23)28-29(22)16-26(30,3)25(32)27-19-8-5-4-6-9-19/h7,10-15,19H,4-6,8-9,16H2,1-3H3,(H,27,32). The van der Waals surface area contributed by atoms with E-state index in [4.69, 9.17) is 4.42 Å². The Morgan fingerprint density at radius 2 is 1.94 bits per heavy atom.